The number of hydrogen-bond acceptors (Lipinski definition) is 2. The normalized spacial score (nSPS) is 17.8. The maximum absolute atomic E-state index is 11.8. The molecule has 0 saturated heterocycles. The Morgan fingerprint density at radius 1 is 1.37 bits per heavy atom. The SMILES string of the molecule is C[C@H](N)C(=O)NC(c1ccc(Cl)cc1)C1CCC1.Cl. The van der Waals surface area contributed by atoms with E-state index in [9.17, 15) is 4.79 Å². The van der Waals surface area contributed by atoms with E-state index in [0.29, 0.717) is 10.9 Å². The largest absolute Gasteiger partial charge is 0.348 e. The molecule has 1 aromatic rings. The van der Waals surface area contributed by atoms with Crippen molar-refractivity contribution in [1.29, 1.82) is 0 Å². The number of nitrogens with two attached hydrogens (primary N) is 1. The molecule has 0 spiro atoms. The molecule has 1 amide bonds. The Bertz CT molecular complexity index is 416. The Kier molecular flexibility index (Phi) is 6.11. The van der Waals surface area contributed by atoms with Gasteiger partial charge in [0.05, 0.1) is 12.1 Å². The van der Waals surface area contributed by atoms with Gasteiger partial charge in [0.1, 0.15) is 0 Å². The molecule has 5 heteroatoms. The Morgan fingerprint density at radius 2 is 1.95 bits per heavy atom. The van der Waals surface area contributed by atoms with Crippen LogP contribution in [0, 0.1) is 5.92 Å². The molecule has 0 radical (unpaired) electrons. The summed E-state index contributed by atoms with van der Waals surface area (Å²) >= 11 is 5.89. The lowest BCUT2D eigenvalue weighted by Gasteiger charge is -2.35. The number of benzene rings is 1. The summed E-state index contributed by atoms with van der Waals surface area (Å²) in [6.07, 6.45) is 3.56. The minimum Gasteiger partial charge on any atom is -0.348 e. The molecule has 1 fully saturated rings. The zero-order valence-corrected chi connectivity index (χ0v) is 12.5. The average Bonchev–Trinajstić information content (AvgIpc) is 2.26. The van der Waals surface area contributed by atoms with E-state index in [0.717, 1.165) is 18.4 Å². The first kappa shape index (κ1) is 16.3. The van der Waals surface area contributed by atoms with Gasteiger partial charge in [-0.2, -0.15) is 0 Å². The van der Waals surface area contributed by atoms with Crippen molar-refractivity contribution in [2.45, 2.75) is 38.3 Å². The monoisotopic (exact) mass is 302 g/mol. The van der Waals surface area contributed by atoms with Crippen molar-refractivity contribution < 1.29 is 4.79 Å². The van der Waals surface area contributed by atoms with Crippen molar-refractivity contribution in [3.8, 4) is 0 Å². The Morgan fingerprint density at radius 3 is 2.37 bits per heavy atom. The van der Waals surface area contributed by atoms with Crippen LogP contribution >= 0.6 is 24.0 Å². The summed E-state index contributed by atoms with van der Waals surface area (Å²) < 4.78 is 0. The Balaban J connectivity index is 0.00000180. The molecule has 2 rings (SSSR count). The van der Waals surface area contributed by atoms with Crippen molar-refractivity contribution in [2.24, 2.45) is 11.7 Å². The van der Waals surface area contributed by atoms with Gasteiger partial charge >= 0.3 is 0 Å². The van der Waals surface area contributed by atoms with Crippen molar-refractivity contribution in [2.75, 3.05) is 0 Å². The van der Waals surface area contributed by atoms with E-state index in [-0.39, 0.29) is 24.4 Å². The van der Waals surface area contributed by atoms with Crippen LogP contribution in [0.15, 0.2) is 24.3 Å². The second-order valence-electron chi connectivity index (χ2n) is 5.02. The first-order valence-electron chi connectivity index (χ1n) is 6.39. The van der Waals surface area contributed by atoms with Gasteiger partial charge in [-0.05, 0) is 43.4 Å². The summed E-state index contributed by atoms with van der Waals surface area (Å²) in [5.74, 6) is 0.427. The number of hydrogen-bond donors (Lipinski definition) is 2. The Labute approximate surface area is 125 Å². The van der Waals surface area contributed by atoms with Gasteiger partial charge in [0.25, 0.3) is 0 Å². The van der Waals surface area contributed by atoms with Gasteiger partial charge in [-0.3, -0.25) is 4.79 Å². The number of carbonyl (C=O) groups excluding carboxylic acids is 1. The highest BCUT2D eigenvalue weighted by Crippen LogP contribution is 2.37. The molecule has 19 heavy (non-hydrogen) atoms. The summed E-state index contributed by atoms with van der Waals surface area (Å²) in [6, 6.07) is 7.27. The van der Waals surface area contributed by atoms with E-state index in [2.05, 4.69) is 5.32 Å². The van der Waals surface area contributed by atoms with Crippen LogP contribution in [0.1, 0.15) is 37.8 Å². The second-order valence-corrected chi connectivity index (χ2v) is 5.45. The zero-order chi connectivity index (χ0) is 13.1. The summed E-state index contributed by atoms with van der Waals surface area (Å²) in [5, 5.41) is 3.76. The molecule has 1 aliphatic carbocycles. The zero-order valence-electron chi connectivity index (χ0n) is 10.9. The summed E-state index contributed by atoms with van der Waals surface area (Å²) in [4.78, 5) is 11.8. The highest BCUT2D eigenvalue weighted by Gasteiger charge is 2.30. The molecule has 3 nitrogen and oxygen atoms in total. The van der Waals surface area contributed by atoms with Gasteiger partial charge < -0.3 is 11.1 Å². The molecule has 0 bridgehead atoms. The molecule has 106 valence electrons. The first-order chi connectivity index (χ1) is 8.58. The number of nitrogens with one attached hydrogen (secondary N) is 1. The van der Waals surface area contributed by atoms with Crippen molar-refractivity contribution in [3.05, 3.63) is 34.9 Å². The maximum Gasteiger partial charge on any atom is 0.237 e. The molecule has 1 unspecified atom stereocenters. The lowest BCUT2D eigenvalue weighted by atomic mass is 9.77. The smallest absolute Gasteiger partial charge is 0.237 e. The topological polar surface area (TPSA) is 55.1 Å². The summed E-state index contributed by atoms with van der Waals surface area (Å²) in [7, 11) is 0. The number of amides is 1. The number of rotatable bonds is 4. The van der Waals surface area contributed by atoms with Gasteiger partial charge in [0.2, 0.25) is 5.91 Å². The van der Waals surface area contributed by atoms with E-state index < -0.39 is 6.04 Å². The molecule has 0 heterocycles. The van der Waals surface area contributed by atoms with Gasteiger partial charge in [0, 0.05) is 5.02 Å². The third-order valence-electron chi connectivity index (χ3n) is 3.56. The van der Waals surface area contributed by atoms with Crippen LogP contribution in [0.3, 0.4) is 0 Å². The molecule has 1 aliphatic rings. The maximum atomic E-state index is 11.8. The molecule has 1 saturated carbocycles. The Hall–Kier alpha value is -0.770. The predicted molar refractivity (Wildman–Crippen MR) is 80.6 cm³/mol. The lowest BCUT2D eigenvalue weighted by Crippen LogP contribution is -2.43. The van der Waals surface area contributed by atoms with Crippen LogP contribution < -0.4 is 11.1 Å². The van der Waals surface area contributed by atoms with Crippen LogP contribution in [-0.4, -0.2) is 11.9 Å². The van der Waals surface area contributed by atoms with E-state index in [4.69, 9.17) is 17.3 Å². The molecule has 1 aromatic carbocycles. The van der Waals surface area contributed by atoms with Crippen LogP contribution in [-0.2, 0) is 4.79 Å². The fourth-order valence-corrected chi connectivity index (χ4v) is 2.33. The predicted octanol–water partition coefficient (Wildman–Crippen LogP) is 3.07. The fraction of sp³-hybridized carbons (Fsp3) is 0.500. The van der Waals surface area contributed by atoms with Crippen LogP contribution in [0.2, 0.25) is 5.02 Å². The highest BCUT2D eigenvalue weighted by atomic mass is 35.5. The quantitative estimate of drug-likeness (QED) is 0.898. The van der Waals surface area contributed by atoms with Crippen molar-refractivity contribution in [3.63, 3.8) is 0 Å². The lowest BCUT2D eigenvalue weighted by molar-refractivity contribution is -0.123. The molecule has 0 aliphatic heterocycles. The highest BCUT2D eigenvalue weighted by molar-refractivity contribution is 6.30. The number of carbonyl (C=O) groups is 1. The van der Waals surface area contributed by atoms with E-state index in [1.807, 2.05) is 24.3 Å². The summed E-state index contributed by atoms with van der Waals surface area (Å²) in [6.45, 7) is 1.70. The molecule has 3 N–H and O–H groups in total. The van der Waals surface area contributed by atoms with Crippen LogP contribution in [0.5, 0.6) is 0 Å². The van der Waals surface area contributed by atoms with Crippen molar-refractivity contribution in [1.82, 2.24) is 5.32 Å². The average molecular weight is 303 g/mol. The molecule has 2 atom stereocenters. The van der Waals surface area contributed by atoms with E-state index in [1.54, 1.807) is 6.92 Å². The van der Waals surface area contributed by atoms with Crippen LogP contribution in [0.25, 0.3) is 0 Å². The van der Waals surface area contributed by atoms with E-state index >= 15 is 0 Å². The van der Waals surface area contributed by atoms with Crippen LogP contribution in [0.4, 0.5) is 0 Å². The first-order valence-corrected chi connectivity index (χ1v) is 6.77. The standard InChI is InChI=1S/C14H19ClN2O.ClH/c1-9(16)14(18)17-13(10-3-2-4-10)11-5-7-12(15)8-6-11;/h5-10,13H,2-4,16H2,1H3,(H,17,18);1H/t9-,13?;/m0./s1. The van der Waals surface area contributed by atoms with Gasteiger partial charge in [-0.25, -0.2) is 0 Å². The third-order valence-corrected chi connectivity index (χ3v) is 3.81. The molecular weight excluding hydrogens is 283 g/mol. The number of halogens is 2. The minimum atomic E-state index is -0.472. The van der Waals surface area contributed by atoms with Crippen molar-refractivity contribution >= 4 is 29.9 Å². The molecule has 0 aromatic heterocycles. The molecular formula is C14H20Cl2N2O. The van der Waals surface area contributed by atoms with Gasteiger partial charge in [-0.1, -0.05) is 30.2 Å². The van der Waals surface area contributed by atoms with Gasteiger partial charge in [-0.15, -0.1) is 12.4 Å². The minimum absolute atomic E-state index is 0. The third kappa shape index (κ3) is 4.10. The van der Waals surface area contributed by atoms with E-state index in [1.165, 1.54) is 6.42 Å². The van der Waals surface area contributed by atoms with Gasteiger partial charge in [0.15, 0.2) is 0 Å². The second kappa shape index (κ2) is 7.13. The summed E-state index contributed by atoms with van der Waals surface area (Å²) in [5.41, 5.74) is 6.72. The fourth-order valence-electron chi connectivity index (χ4n) is 2.20.